The van der Waals surface area contributed by atoms with Crippen LogP contribution in [0, 0.1) is 11.8 Å². The van der Waals surface area contributed by atoms with Crippen molar-refractivity contribution in [3.8, 4) is 5.69 Å². The summed E-state index contributed by atoms with van der Waals surface area (Å²) >= 11 is 0. The van der Waals surface area contributed by atoms with E-state index in [-0.39, 0.29) is 23.9 Å². The van der Waals surface area contributed by atoms with Crippen molar-refractivity contribution in [3.05, 3.63) is 82.1 Å². The first-order valence-electron chi connectivity index (χ1n) is 13.8. The number of pyridine rings is 1. The molecule has 1 saturated carbocycles. The fraction of sp³-hybridized carbons (Fsp3) is 0.483. The number of nitrogens with zero attached hydrogens (tertiary/aromatic N) is 6. The second-order valence-corrected chi connectivity index (χ2v) is 11.5. The van der Waals surface area contributed by atoms with Crippen LogP contribution in [0.5, 0.6) is 0 Å². The van der Waals surface area contributed by atoms with Crippen molar-refractivity contribution in [1.82, 2.24) is 28.6 Å². The summed E-state index contributed by atoms with van der Waals surface area (Å²) in [5.41, 5.74) is 0.222. The van der Waals surface area contributed by atoms with Gasteiger partial charge in [0.15, 0.2) is 0 Å². The normalized spacial score (nSPS) is 21.6. The van der Waals surface area contributed by atoms with Gasteiger partial charge in [-0.15, -0.1) is 10.2 Å². The van der Waals surface area contributed by atoms with Crippen molar-refractivity contribution in [3.63, 3.8) is 0 Å². The predicted molar refractivity (Wildman–Crippen MR) is 143 cm³/mol. The maximum Gasteiger partial charge on any atom is 0.418 e. The molecular formula is C29H33F3N6O2. The summed E-state index contributed by atoms with van der Waals surface area (Å²) in [6.07, 6.45) is 3.20. The molecule has 0 bridgehead atoms. The number of aliphatic hydroxyl groups is 1. The lowest BCUT2D eigenvalue weighted by atomic mass is 9.72. The first-order chi connectivity index (χ1) is 19.1. The van der Waals surface area contributed by atoms with Gasteiger partial charge in [0.05, 0.1) is 22.9 Å². The van der Waals surface area contributed by atoms with E-state index in [0.29, 0.717) is 36.7 Å². The third kappa shape index (κ3) is 4.96. The predicted octanol–water partition coefficient (Wildman–Crippen LogP) is 4.37. The molecular weight excluding hydrogens is 521 g/mol. The van der Waals surface area contributed by atoms with Gasteiger partial charge in [0.25, 0.3) is 0 Å². The third-order valence-corrected chi connectivity index (χ3v) is 8.40. The Morgan fingerprint density at radius 1 is 1.15 bits per heavy atom. The van der Waals surface area contributed by atoms with Crippen molar-refractivity contribution in [1.29, 1.82) is 0 Å². The molecule has 4 aromatic rings. The van der Waals surface area contributed by atoms with Crippen molar-refractivity contribution in [2.75, 3.05) is 13.1 Å². The van der Waals surface area contributed by atoms with E-state index in [9.17, 15) is 23.1 Å². The number of alkyl halides is 3. The largest absolute Gasteiger partial charge is 0.418 e. The highest BCUT2D eigenvalue weighted by atomic mass is 19.4. The van der Waals surface area contributed by atoms with E-state index < -0.39 is 23.5 Å². The Balaban J connectivity index is 1.42. The van der Waals surface area contributed by atoms with Crippen molar-refractivity contribution in [2.45, 2.75) is 57.3 Å². The molecule has 1 aromatic carbocycles. The second kappa shape index (κ2) is 10.2. The number of aryl methyl sites for hydroxylation is 1. The minimum Gasteiger partial charge on any atom is -0.392 e. The maximum atomic E-state index is 14.2. The molecule has 0 spiro atoms. The molecule has 1 N–H and O–H groups in total. The number of benzene rings is 1. The fourth-order valence-electron chi connectivity index (χ4n) is 6.41. The number of imidazole rings is 1. The number of piperidine rings is 1. The molecule has 40 heavy (non-hydrogen) atoms. The van der Waals surface area contributed by atoms with Crippen molar-refractivity contribution >= 4 is 5.52 Å². The maximum absolute atomic E-state index is 14.2. The Kier molecular flexibility index (Phi) is 6.82. The van der Waals surface area contributed by atoms with Crippen LogP contribution in [0.15, 0.2) is 53.8 Å². The summed E-state index contributed by atoms with van der Waals surface area (Å²) in [5.74, 6) is 1.43. The molecule has 1 aliphatic carbocycles. The van der Waals surface area contributed by atoms with Gasteiger partial charge < -0.3 is 9.67 Å². The van der Waals surface area contributed by atoms with Gasteiger partial charge in [-0.1, -0.05) is 25.5 Å². The second-order valence-electron chi connectivity index (χ2n) is 11.5. The molecule has 1 aliphatic heterocycles. The van der Waals surface area contributed by atoms with Gasteiger partial charge in [0, 0.05) is 45.0 Å². The van der Waals surface area contributed by atoms with Crippen LogP contribution in [0.1, 0.15) is 61.0 Å². The van der Waals surface area contributed by atoms with Gasteiger partial charge in [-0.05, 0) is 60.4 Å². The molecule has 3 aromatic heterocycles. The third-order valence-electron chi connectivity index (χ3n) is 8.40. The van der Waals surface area contributed by atoms with Crippen molar-refractivity contribution in [2.24, 2.45) is 18.9 Å². The number of likely N-dealkylation sites (tertiary alicyclic amines) is 1. The zero-order chi connectivity index (χ0) is 28.2. The lowest BCUT2D eigenvalue weighted by Gasteiger charge is -2.34. The molecule has 2 aliphatic rings. The topological polar surface area (TPSA) is 80.6 Å². The Morgan fingerprint density at radius 3 is 2.60 bits per heavy atom. The molecule has 8 nitrogen and oxygen atoms in total. The Bertz CT molecular complexity index is 1570. The summed E-state index contributed by atoms with van der Waals surface area (Å²) in [4.78, 5) is 15.5. The number of rotatable bonds is 6. The number of hydrogen-bond acceptors (Lipinski definition) is 5. The van der Waals surface area contributed by atoms with E-state index in [1.807, 2.05) is 41.6 Å². The Labute approximate surface area is 229 Å². The molecule has 0 radical (unpaired) electrons. The number of hydrogen-bond donors (Lipinski definition) is 1. The minimum absolute atomic E-state index is 0.0199. The van der Waals surface area contributed by atoms with Crippen LogP contribution in [0.2, 0.25) is 0 Å². The van der Waals surface area contributed by atoms with E-state index in [4.69, 9.17) is 0 Å². The smallest absolute Gasteiger partial charge is 0.392 e. The van der Waals surface area contributed by atoms with Crippen LogP contribution >= 0.6 is 0 Å². The van der Waals surface area contributed by atoms with Crippen LogP contribution in [0.3, 0.4) is 0 Å². The molecule has 0 amide bonds. The lowest BCUT2D eigenvalue weighted by Crippen LogP contribution is -2.41. The van der Waals surface area contributed by atoms with Gasteiger partial charge in [-0.2, -0.15) is 13.2 Å². The van der Waals surface area contributed by atoms with Gasteiger partial charge in [-0.25, -0.2) is 4.79 Å². The summed E-state index contributed by atoms with van der Waals surface area (Å²) in [6, 6.07) is 8.56. The molecule has 212 valence electrons. The number of aromatic nitrogens is 5. The van der Waals surface area contributed by atoms with Crippen LogP contribution in [0.4, 0.5) is 13.2 Å². The minimum atomic E-state index is -4.64. The van der Waals surface area contributed by atoms with E-state index in [2.05, 4.69) is 10.2 Å². The molecule has 2 fully saturated rings. The van der Waals surface area contributed by atoms with Crippen LogP contribution < -0.4 is 5.69 Å². The van der Waals surface area contributed by atoms with Gasteiger partial charge in [0.2, 0.25) is 0 Å². The van der Waals surface area contributed by atoms with Gasteiger partial charge in [0.1, 0.15) is 12.2 Å². The van der Waals surface area contributed by atoms with Gasteiger partial charge >= 0.3 is 11.9 Å². The quantitative estimate of drug-likeness (QED) is 0.383. The fourth-order valence-corrected chi connectivity index (χ4v) is 6.41. The molecule has 11 heteroatoms. The summed E-state index contributed by atoms with van der Waals surface area (Å²) < 4.78 is 47.0. The van der Waals surface area contributed by atoms with E-state index in [0.717, 1.165) is 41.1 Å². The average molecular weight is 555 g/mol. The standard InChI is InChI=1S/C29H33F3N6O2/c1-18-9-23(39)15-36(12-18)13-19-10-24(29(30,31)32)25-16-37(28(40)38(25)14-19)22-8-4-7-21(11-22)26(20-5-3-6-20)27-34-33-17-35(27)2/h4,7-8,10-11,14,16-18,20,23,26,39H,3,5-6,9,12-13,15H2,1-2H3/t18-,23+,26+/m0/s1. The zero-order valence-electron chi connectivity index (χ0n) is 22.6. The average Bonchev–Trinajstić information content (AvgIpc) is 3.42. The first-order valence-corrected chi connectivity index (χ1v) is 13.8. The van der Waals surface area contributed by atoms with Crippen LogP contribution in [-0.4, -0.2) is 52.9 Å². The number of halogens is 3. The highest BCUT2D eigenvalue weighted by Gasteiger charge is 2.36. The number of fused-ring (bicyclic) bond motifs is 1. The van der Waals surface area contributed by atoms with Crippen LogP contribution in [-0.2, 0) is 19.8 Å². The molecule has 0 unspecified atom stereocenters. The molecule has 1 saturated heterocycles. The number of aliphatic hydroxyl groups excluding tert-OH is 1. The SMILES string of the molecule is C[C@H]1C[C@@H](O)CN(Cc2cc(C(F)(F)F)c3cn(-c4cccc([C@H](c5nncn5C)C5CCC5)c4)c(=O)n3c2)C1. The summed E-state index contributed by atoms with van der Waals surface area (Å²) in [6.45, 7) is 3.29. The Hall–Kier alpha value is -3.44. The highest BCUT2D eigenvalue weighted by Crippen LogP contribution is 2.43. The summed E-state index contributed by atoms with van der Waals surface area (Å²) in [7, 11) is 1.90. The molecule has 6 rings (SSSR count). The molecule has 3 atom stereocenters. The van der Waals surface area contributed by atoms with Crippen LogP contribution in [0.25, 0.3) is 11.2 Å². The molecule has 4 heterocycles. The first kappa shape index (κ1) is 26.8. The Morgan fingerprint density at radius 2 is 1.95 bits per heavy atom. The van der Waals surface area contributed by atoms with Gasteiger partial charge in [-0.3, -0.25) is 13.9 Å². The number of β-amino-alcohol motifs (C(OH)–C–C–N with tert-alkyl or cyclic N) is 1. The summed E-state index contributed by atoms with van der Waals surface area (Å²) in [5, 5.41) is 18.6. The lowest BCUT2D eigenvalue weighted by molar-refractivity contribution is -0.136. The van der Waals surface area contributed by atoms with E-state index >= 15 is 0 Å². The van der Waals surface area contributed by atoms with E-state index in [1.165, 1.54) is 17.0 Å². The highest BCUT2D eigenvalue weighted by molar-refractivity contribution is 5.58. The zero-order valence-corrected chi connectivity index (χ0v) is 22.6. The van der Waals surface area contributed by atoms with Crippen molar-refractivity contribution < 1.29 is 18.3 Å². The monoisotopic (exact) mass is 554 g/mol. The van der Waals surface area contributed by atoms with E-state index in [1.54, 1.807) is 12.4 Å².